The maximum Gasteiger partial charge on any atom is 0.264 e. The van der Waals surface area contributed by atoms with Crippen LogP contribution in [0.25, 0.3) is 10.9 Å². The highest BCUT2D eigenvalue weighted by molar-refractivity contribution is 7.90. The molecule has 0 saturated heterocycles. The molecule has 26 heavy (non-hydrogen) atoms. The molecule has 0 atom stereocenters. The van der Waals surface area contributed by atoms with Crippen molar-refractivity contribution in [3.05, 3.63) is 60.8 Å². The minimum atomic E-state index is -3.89. The normalized spacial score (nSPS) is 11.3. The van der Waals surface area contributed by atoms with Crippen LogP contribution in [0.2, 0.25) is 0 Å². The Kier molecular flexibility index (Phi) is 4.77. The fraction of sp³-hybridized carbons (Fsp3) is 0.111. The maximum atomic E-state index is 12.2. The molecule has 0 spiro atoms. The summed E-state index contributed by atoms with van der Waals surface area (Å²) in [6.45, 7) is 1.26. The number of hydrogen-bond donors (Lipinski definition) is 2. The molecule has 0 aliphatic rings. The Hall–Kier alpha value is -3.13. The molecule has 0 saturated carbocycles. The zero-order chi connectivity index (χ0) is 18.7. The number of nitrogens with zero attached hydrogens (tertiary/aromatic N) is 1. The molecule has 1 heterocycles. The topological polar surface area (TPSA) is 97.3 Å². The zero-order valence-corrected chi connectivity index (χ0v) is 14.8. The average molecular weight is 371 g/mol. The molecule has 134 valence electrons. The fourth-order valence-electron chi connectivity index (χ4n) is 2.60. The standard InChI is InChI=1S/C18H17N3O4S/c1-13(22)20-26(24,25)16-8-6-15(7-9-16)19-18(23)12-21-11-10-14-4-2-3-5-17(14)21/h2-11H,12H2,1H3,(H,19,23)(H,20,22). The molecule has 3 aromatic rings. The van der Waals surface area contributed by atoms with Gasteiger partial charge in [-0.15, -0.1) is 0 Å². The van der Waals surface area contributed by atoms with Gasteiger partial charge in [0, 0.05) is 24.3 Å². The van der Waals surface area contributed by atoms with Crippen molar-refractivity contribution in [1.29, 1.82) is 0 Å². The third kappa shape index (κ3) is 3.92. The zero-order valence-electron chi connectivity index (χ0n) is 14.0. The molecule has 0 aliphatic heterocycles. The van der Waals surface area contributed by atoms with E-state index in [2.05, 4.69) is 5.32 Å². The Bertz CT molecular complexity index is 1070. The second-order valence-electron chi connectivity index (χ2n) is 5.74. The molecular formula is C18H17N3O4S. The van der Waals surface area contributed by atoms with Gasteiger partial charge in [0.2, 0.25) is 11.8 Å². The van der Waals surface area contributed by atoms with E-state index in [-0.39, 0.29) is 17.3 Å². The third-order valence-electron chi connectivity index (χ3n) is 3.72. The van der Waals surface area contributed by atoms with Gasteiger partial charge in [0.1, 0.15) is 6.54 Å². The second-order valence-corrected chi connectivity index (χ2v) is 7.42. The third-order valence-corrected chi connectivity index (χ3v) is 5.17. The number of carbonyl (C=O) groups is 2. The van der Waals surface area contributed by atoms with Gasteiger partial charge in [-0.2, -0.15) is 0 Å². The van der Waals surface area contributed by atoms with E-state index in [0.29, 0.717) is 5.69 Å². The number of rotatable bonds is 5. The van der Waals surface area contributed by atoms with E-state index < -0.39 is 15.9 Å². The van der Waals surface area contributed by atoms with Crippen LogP contribution in [-0.2, 0) is 26.2 Å². The summed E-state index contributed by atoms with van der Waals surface area (Å²) >= 11 is 0. The van der Waals surface area contributed by atoms with E-state index in [1.807, 2.05) is 45.8 Å². The van der Waals surface area contributed by atoms with Crippen LogP contribution in [0.5, 0.6) is 0 Å². The molecule has 0 fully saturated rings. The van der Waals surface area contributed by atoms with Crippen molar-refractivity contribution in [2.75, 3.05) is 5.32 Å². The van der Waals surface area contributed by atoms with Gasteiger partial charge in [0.05, 0.1) is 4.90 Å². The molecule has 1 aromatic heterocycles. The van der Waals surface area contributed by atoms with Gasteiger partial charge in [-0.25, -0.2) is 13.1 Å². The summed E-state index contributed by atoms with van der Waals surface area (Å²) in [5.41, 5.74) is 1.42. The van der Waals surface area contributed by atoms with Gasteiger partial charge in [-0.1, -0.05) is 18.2 Å². The number of aromatic nitrogens is 1. The lowest BCUT2D eigenvalue weighted by atomic mass is 10.2. The van der Waals surface area contributed by atoms with Gasteiger partial charge in [-0.05, 0) is 41.8 Å². The van der Waals surface area contributed by atoms with Gasteiger partial charge >= 0.3 is 0 Å². The van der Waals surface area contributed by atoms with Crippen molar-refractivity contribution in [2.45, 2.75) is 18.4 Å². The Balaban J connectivity index is 1.69. The maximum absolute atomic E-state index is 12.2. The molecule has 2 aromatic carbocycles. The minimum absolute atomic E-state index is 0.0536. The smallest absolute Gasteiger partial charge is 0.264 e. The first-order valence-corrected chi connectivity index (χ1v) is 9.31. The predicted octanol–water partition coefficient (Wildman–Crippen LogP) is 2.10. The molecule has 0 radical (unpaired) electrons. The van der Waals surface area contributed by atoms with Crippen LogP contribution in [0.4, 0.5) is 5.69 Å². The summed E-state index contributed by atoms with van der Waals surface area (Å²) in [4.78, 5) is 23.1. The molecule has 0 aliphatic carbocycles. The number of benzene rings is 2. The van der Waals surface area contributed by atoms with Gasteiger partial charge in [-0.3, -0.25) is 9.59 Å². The van der Waals surface area contributed by atoms with E-state index >= 15 is 0 Å². The number of amides is 2. The summed E-state index contributed by atoms with van der Waals surface area (Å²) in [5.74, 6) is -0.898. The Morgan fingerprint density at radius 3 is 2.38 bits per heavy atom. The van der Waals surface area contributed by atoms with Crippen molar-refractivity contribution < 1.29 is 18.0 Å². The van der Waals surface area contributed by atoms with Crippen molar-refractivity contribution in [2.24, 2.45) is 0 Å². The number of para-hydroxylation sites is 1. The second kappa shape index (κ2) is 7.01. The number of fused-ring (bicyclic) bond motifs is 1. The van der Waals surface area contributed by atoms with E-state index in [9.17, 15) is 18.0 Å². The lowest BCUT2D eigenvalue weighted by molar-refractivity contribution is -0.117. The van der Waals surface area contributed by atoms with Crippen LogP contribution in [0, 0.1) is 0 Å². The van der Waals surface area contributed by atoms with Gasteiger partial charge in [0.15, 0.2) is 0 Å². The molecule has 7 nitrogen and oxygen atoms in total. The number of carbonyl (C=O) groups excluding carboxylic acids is 2. The first-order valence-electron chi connectivity index (χ1n) is 7.82. The lowest BCUT2D eigenvalue weighted by Gasteiger charge is -2.09. The molecule has 2 N–H and O–H groups in total. The molecule has 2 amide bonds. The van der Waals surface area contributed by atoms with Crippen molar-refractivity contribution >= 4 is 38.4 Å². The summed E-state index contributed by atoms with van der Waals surface area (Å²) < 4.78 is 27.5. The molecule has 3 rings (SSSR count). The summed E-state index contributed by atoms with van der Waals surface area (Å²) in [6, 6.07) is 15.3. The first-order chi connectivity index (χ1) is 12.3. The first kappa shape index (κ1) is 17.7. The average Bonchev–Trinajstić information content (AvgIpc) is 2.97. The summed E-state index contributed by atoms with van der Waals surface area (Å²) in [7, 11) is -3.89. The molecule has 0 bridgehead atoms. The number of anilines is 1. The highest BCUT2D eigenvalue weighted by atomic mass is 32.2. The lowest BCUT2D eigenvalue weighted by Crippen LogP contribution is -2.28. The van der Waals surface area contributed by atoms with Gasteiger partial charge < -0.3 is 9.88 Å². The quantitative estimate of drug-likeness (QED) is 0.718. The molecule has 8 heteroatoms. The number of sulfonamides is 1. The van der Waals surface area contributed by atoms with Crippen molar-refractivity contribution in [3.63, 3.8) is 0 Å². The molecular weight excluding hydrogens is 354 g/mol. The Morgan fingerprint density at radius 2 is 1.69 bits per heavy atom. The number of hydrogen-bond acceptors (Lipinski definition) is 4. The number of nitrogens with one attached hydrogen (secondary N) is 2. The summed E-state index contributed by atoms with van der Waals surface area (Å²) in [5, 5.41) is 3.77. The van der Waals surface area contributed by atoms with Crippen LogP contribution in [0.1, 0.15) is 6.92 Å². The largest absolute Gasteiger partial charge is 0.338 e. The van der Waals surface area contributed by atoms with Crippen LogP contribution in [0.15, 0.2) is 65.7 Å². The highest BCUT2D eigenvalue weighted by Gasteiger charge is 2.15. The minimum Gasteiger partial charge on any atom is -0.338 e. The Labute approximate surface area is 150 Å². The van der Waals surface area contributed by atoms with Crippen molar-refractivity contribution in [1.82, 2.24) is 9.29 Å². The Morgan fingerprint density at radius 1 is 1.00 bits per heavy atom. The van der Waals surface area contributed by atoms with Crippen LogP contribution < -0.4 is 10.0 Å². The van der Waals surface area contributed by atoms with E-state index in [4.69, 9.17) is 0 Å². The van der Waals surface area contributed by atoms with Gasteiger partial charge in [0.25, 0.3) is 10.0 Å². The SMILES string of the molecule is CC(=O)NS(=O)(=O)c1ccc(NC(=O)Cn2ccc3ccccc32)cc1. The molecule has 0 unspecified atom stereocenters. The predicted molar refractivity (Wildman–Crippen MR) is 98.0 cm³/mol. The van der Waals surface area contributed by atoms with E-state index in [1.165, 1.54) is 24.3 Å². The monoisotopic (exact) mass is 371 g/mol. The highest BCUT2D eigenvalue weighted by Crippen LogP contribution is 2.16. The van der Waals surface area contributed by atoms with E-state index in [0.717, 1.165) is 17.8 Å². The van der Waals surface area contributed by atoms with Crippen LogP contribution >= 0.6 is 0 Å². The summed E-state index contributed by atoms with van der Waals surface area (Å²) in [6.07, 6.45) is 1.84. The van der Waals surface area contributed by atoms with Crippen LogP contribution in [-0.4, -0.2) is 24.8 Å². The fourth-order valence-corrected chi connectivity index (χ4v) is 3.59. The van der Waals surface area contributed by atoms with Crippen molar-refractivity contribution in [3.8, 4) is 0 Å². The van der Waals surface area contributed by atoms with E-state index in [1.54, 1.807) is 0 Å². The van der Waals surface area contributed by atoms with Crippen LogP contribution in [0.3, 0.4) is 0 Å².